The largest absolute Gasteiger partial charge is 0.497 e. The van der Waals surface area contributed by atoms with Crippen molar-refractivity contribution in [2.45, 2.75) is 13.0 Å². The van der Waals surface area contributed by atoms with Gasteiger partial charge in [-0.1, -0.05) is 6.07 Å². The van der Waals surface area contributed by atoms with E-state index in [0.717, 1.165) is 11.1 Å². The van der Waals surface area contributed by atoms with E-state index in [1.54, 1.807) is 38.5 Å². The molecule has 1 N–H and O–H groups in total. The van der Waals surface area contributed by atoms with Crippen LogP contribution in [0.4, 0.5) is 0 Å². The van der Waals surface area contributed by atoms with Gasteiger partial charge >= 0.3 is 0 Å². The van der Waals surface area contributed by atoms with Gasteiger partial charge < -0.3 is 14.8 Å². The summed E-state index contributed by atoms with van der Waals surface area (Å²) in [5, 5.41) is 10.4. The highest BCUT2D eigenvalue weighted by molar-refractivity contribution is 5.80. The van der Waals surface area contributed by atoms with E-state index in [2.05, 4.69) is 20.3 Å². The average molecular weight is 327 g/mol. The molecule has 0 aliphatic rings. The third kappa shape index (κ3) is 3.45. The Morgan fingerprint density at radius 3 is 2.71 bits per heavy atom. The Bertz CT molecular complexity index is 860. The smallest absolute Gasteiger partial charge is 0.224 e. The van der Waals surface area contributed by atoms with Crippen LogP contribution in [0.1, 0.15) is 11.1 Å². The Morgan fingerprint density at radius 2 is 1.92 bits per heavy atom. The zero-order chi connectivity index (χ0) is 16.9. The predicted molar refractivity (Wildman–Crippen MR) is 86.9 cm³/mol. The number of aromatic nitrogens is 2. The van der Waals surface area contributed by atoms with Crippen LogP contribution in [0.25, 0.3) is 11.0 Å². The first-order valence-corrected chi connectivity index (χ1v) is 7.38. The molecule has 24 heavy (non-hydrogen) atoms. The number of rotatable bonds is 6. The van der Waals surface area contributed by atoms with E-state index in [-0.39, 0.29) is 12.3 Å². The minimum absolute atomic E-state index is 0.111. The Kier molecular flexibility index (Phi) is 4.60. The molecule has 0 saturated carbocycles. The van der Waals surface area contributed by atoms with Crippen LogP contribution < -0.4 is 14.8 Å². The third-order valence-corrected chi connectivity index (χ3v) is 3.65. The average Bonchev–Trinajstić information content (AvgIpc) is 3.07. The molecule has 2 aromatic carbocycles. The zero-order valence-electron chi connectivity index (χ0n) is 13.4. The first kappa shape index (κ1) is 15.8. The van der Waals surface area contributed by atoms with Crippen molar-refractivity contribution in [3.05, 3.63) is 47.5 Å². The number of nitrogens with zero attached hydrogens (tertiary/aromatic N) is 2. The SMILES string of the molecule is COc1ccc(OC)c(CC(=O)NCc2ccc3nonc3c2)c1. The number of benzene rings is 2. The summed E-state index contributed by atoms with van der Waals surface area (Å²) in [6, 6.07) is 10.9. The molecule has 0 aliphatic carbocycles. The Labute approximate surface area is 138 Å². The topological polar surface area (TPSA) is 86.5 Å². The minimum Gasteiger partial charge on any atom is -0.497 e. The highest BCUT2D eigenvalue weighted by Crippen LogP contribution is 2.24. The van der Waals surface area contributed by atoms with Crippen LogP contribution in [0.5, 0.6) is 11.5 Å². The molecule has 1 aromatic heterocycles. The molecule has 0 radical (unpaired) electrons. The van der Waals surface area contributed by atoms with Crippen LogP contribution in [-0.2, 0) is 17.8 Å². The van der Waals surface area contributed by atoms with E-state index in [1.807, 2.05) is 12.1 Å². The van der Waals surface area contributed by atoms with Gasteiger partial charge in [-0.05, 0) is 46.2 Å². The monoisotopic (exact) mass is 327 g/mol. The summed E-state index contributed by atoms with van der Waals surface area (Å²) in [6.07, 6.45) is 0.203. The van der Waals surface area contributed by atoms with E-state index in [9.17, 15) is 4.79 Å². The molecule has 3 aromatic rings. The van der Waals surface area contributed by atoms with Gasteiger partial charge in [0.15, 0.2) is 0 Å². The number of carbonyl (C=O) groups is 1. The summed E-state index contributed by atoms with van der Waals surface area (Å²) in [5.74, 6) is 1.23. The molecule has 0 unspecified atom stereocenters. The normalized spacial score (nSPS) is 10.6. The number of hydrogen-bond donors (Lipinski definition) is 1. The maximum absolute atomic E-state index is 12.2. The molecule has 0 spiro atoms. The van der Waals surface area contributed by atoms with Gasteiger partial charge in [-0.15, -0.1) is 0 Å². The van der Waals surface area contributed by atoms with Crippen molar-refractivity contribution >= 4 is 16.9 Å². The molecule has 124 valence electrons. The van der Waals surface area contributed by atoms with Crippen LogP contribution >= 0.6 is 0 Å². The lowest BCUT2D eigenvalue weighted by Crippen LogP contribution is -2.24. The number of ether oxygens (including phenoxy) is 2. The summed E-state index contributed by atoms with van der Waals surface area (Å²) in [4.78, 5) is 12.2. The fraction of sp³-hybridized carbons (Fsp3) is 0.235. The summed E-state index contributed by atoms with van der Waals surface area (Å²) in [5.41, 5.74) is 3.04. The molecule has 0 saturated heterocycles. The molecule has 0 fully saturated rings. The van der Waals surface area contributed by atoms with Crippen molar-refractivity contribution in [2.75, 3.05) is 14.2 Å². The maximum atomic E-state index is 12.2. The Hall–Kier alpha value is -3.09. The quantitative estimate of drug-likeness (QED) is 0.746. The van der Waals surface area contributed by atoms with Crippen LogP contribution in [0.2, 0.25) is 0 Å². The van der Waals surface area contributed by atoms with Gasteiger partial charge in [-0.2, -0.15) is 0 Å². The van der Waals surface area contributed by atoms with E-state index in [1.165, 1.54) is 0 Å². The highest BCUT2D eigenvalue weighted by Gasteiger charge is 2.10. The van der Waals surface area contributed by atoms with Crippen molar-refractivity contribution in [1.29, 1.82) is 0 Å². The number of nitrogens with one attached hydrogen (secondary N) is 1. The summed E-state index contributed by atoms with van der Waals surface area (Å²) < 4.78 is 15.1. The minimum atomic E-state index is -0.111. The van der Waals surface area contributed by atoms with E-state index in [0.29, 0.717) is 29.1 Å². The molecule has 0 atom stereocenters. The van der Waals surface area contributed by atoms with Gasteiger partial charge in [0.05, 0.1) is 20.6 Å². The fourth-order valence-corrected chi connectivity index (χ4v) is 2.39. The fourth-order valence-electron chi connectivity index (χ4n) is 2.39. The first-order chi connectivity index (χ1) is 11.7. The van der Waals surface area contributed by atoms with Crippen molar-refractivity contribution < 1.29 is 18.9 Å². The zero-order valence-corrected chi connectivity index (χ0v) is 13.4. The van der Waals surface area contributed by atoms with Gasteiger partial charge in [0, 0.05) is 12.1 Å². The Balaban J connectivity index is 1.65. The molecule has 7 nitrogen and oxygen atoms in total. The van der Waals surface area contributed by atoms with Gasteiger partial charge in [-0.25, -0.2) is 4.63 Å². The van der Waals surface area contributed by atoms with Gasteiger partial charge in [0.25, 0.3) is 0 Å². The number of amides is 1. The molecule has 0 aliphatic heterocycles. The van der Waals surface area contributed by atoms with Crippen molar-refractivity contribution in [3.63, 3.8) is 0 Å². The number of carbonyl (C=O) groups excluding carboxylic acids is 1. The molecule has 1 heterocycles. The summed E-state index contributed by atoms with van der Waals surface area (Å²) >= 11 is 0. The lowest BCUT2D eigenvalue weighted by molar-refractivity contribution is -0.120. The summed E-state index contributed by atoms with van der Waals surface area (Å²) in [6.45, 7) is 0.397. The van der Waals surface area contributed by atoms with E-state index >= 15 is 0 Å². The maximum Gasteiger partial charge on any atom is 0.224 e. The highest BCUT2D eigenvalue weighted by atomic mass is 16.6. The first-order valence-electron chi connectivity index (χ1n) is 7.38. The lowest BCUT2D eigenvalue weighted by Gasteiger charge is -2.11. The standard InChI is InChI=1S/C17H17N3O4/c1-22-13-4-6-16(23-2)12(8-13)9-17(21)18-10-11-3-5-14-15(7-11)20-24-19-14/h3-8H,9-10H2,1-2H3,(H,18,21). The third-order valence-electron chi connectivity index (χ3n) is 3.65. The van der Waals surface area contributed by atoms with Gasteiger partial charge in [0.2, 0.25) is 5.91 Å². The molecule has 1 amide bonds. The molecular formula is C17H17N3O4. The van der Waals surface area contributed by atoms with Crippen LogP contribution in [-0.4, -0.2) is 30.4 Å². The second-order valence-corrected chi connectivity index (χ2v) is 5.22. The second-order valence-electron chi connectivity index (χ2n) is 5.22. The molecule has 3 rings (SSSR count). The van der Waals surface area contributed by atoms with Crippen LogP contribution in [0.15, 0.2) is 41.0 Å². The van der Waals surface area contributed by atoms with Crippen LogP contribution in [0, 0.1) is 0 Å². The molecule has 0 bridgehead atoms. The number of fused-ring (bicyclic) bond motifs is 1. The van der Waals surface area contributed by atoms with Crippen molar-refractivity contribution in [1.82, 2.24) is 15.6 Å². The van der Waals surface area contributed by atoms with E-state index < -0.39 is 0 Å². The number of methoxy groups -OCH3 is 2. The molecular weight excluding hydrogens is 310 g/mol. The van der Waals surface area contributed by atoms with E-state index in [4.69, 9.17) is 9.47 Å². The Morgan fingerprint density at radius 1 is 1.08 bits per heavy atom. The van der Waals surface area contributed by atoms with Gasteiger partial charge in [-0.3, -0.25) is 4.79 Å². The van der Waals surface area contributed by atoms with Crippen molar-refractivity contribution in [2.24, 2.45) is 0 Å². The lowest BCUT2D eigenvalue weighted by atomic mass is 10.1. The summed E-state index contributed by atoms with van der Waals surface area (Å²) in [7, 11) is 3.16. The van der Waals surface area contributed by atoms with Gasteiger partial charge in [0.1, 0.15) is 22.5 Å². The molecule has 7 heteroatoms. The van der Waals surface area contributed by atoms with Crippen molar-refractivity contribution in [3.8, 4) is 11.5 Å². The second kappa shape index (κ2) is 6.99. The predicted octanol–water partition coefficient (Wildman–Crippen LogP) is 2.10. The number of hydrogen-bond acceptors (Lipinski definition) is 6. The van der Waals surface area contributed by atoms with Crippen LogP contribution in [0.3, 0.4) is 0 Å².